The predicted octanol–water partition coefficient (Wildman–Crippen LogP) is 0.664. The zero-order chi connectivity index (χ0) is 12.9. The number of nitrogens with two attached hydrogens (primary N) is 1. The molecule has 17 heavy (non-hydrogen) atoms. The summed E-state index contributed by atoms with van der Waals surface area (Å²) in [5.41, 5.74) is 5.34. The maximum absolute atomic E-state index is 11.8. The molecule has 1 aromatic carbocycles. The second-order valence-electron chi connectivity index (χ2n) is 3.75. The topological polar surface area (TPSA) is 72.6 Å². The van der Waals surface area contributed by atoms with Gasteiger partial charge in [0.25, 0.3) is 0 Å². The molecular weight excluding hydrogens is 240 g/mol. The summed E-state index contributed by atoms with van der Waals surface area (Å²) in [4.78, 5) is 0.258. The Morgan fingerprint density at radius 2 is 1.82 bits per heavy atom. The molecule has 0 radical (unpaired) electrons. The summed E-state index contributed by atoms with van der Waals surface area (Å²) in [6.07, 6.45) is 0.776. The van der Waals surface area contributed by atoms with Crippen molar-refractivity contribution >= 4 is 10.0 Å². The minimum absolute atomic E-state index is 0.258. The molecule has 0 amide bonds. The molecule has 0 fully saturated rings. The molecule has 0 aromatic heterocycles. The van der Waals surface area contributed by atoms with Gasteiger partial charge in [-0.05, 0) is 37.2 Å². The van der Waals surface area contributed by atoms with E-state index in [-0.39, 0.29) is 4.90 Å². The Labute approximate surface area is 102 Å². The van der Waals surface area contributed by atoms with E-state index in [2.05, 4.69) is 0 Å². The molecule has 5 nitrogen and oxygen atoms in total. The second kappa shape index (κ2) is 6.00. The Hall–Kier alpha value is -1.11. The monoisotopic (exact) mass is 258 g/mol. The number of benzene rings is 1. The molecule has 0 heterocycles. The number of ether oxygens (including phenoxy) is 1. The van der Waals surface area contributed by atoms with Crippen molar-refractivity contribution in [1.29, 1.82) is 0 Å². The number of rotatable bonds is 6. The molecule has 96 valence electrons. The van der Waals surface area contributed by atoms with Crippen LogP contribution in [0.5, 0.6) is 5.75 Å². The normalized spacial score (nSPS) is 11.8. The Kier molecular flexibility index (Phi) is 4.92. The van der Waals surface area contributed by atoms with E-state index in [4.69, 9.17) is 10.5 Å². The first-order chi connectivity index (χ1) is 7.98. The van der Waals surface area contributed by atoms with E-state index < -0.39 is 10.0 Å². The van der Waals surface area contributed by atoms with Crippen LogP contribution in [0.4, 0.5) is 0 Å². The number of hydrogen-bond acceptors (Lipinski definition) is 4. The van der Waals surface area contributed by atoms with Gasteiger partial charge in [-0.15, -0.1) is 0 Å². The highest BCUT2D eigenvalue weighted by Crippen LogP contribution is 2.18. The quantitative estimate of drug-likeness (QED) is 0.761. The van der Waals surface area contributed by atoms with Crippen LogP contribution in [0.2, 0.25) is 0 Å². The summed E-state index contributed by atoms with van der Waals surface area (Å²) in [5, 5.41) is 0. The Bertz CT molecular complexity index is 440. The maximum atomic E-state index is 11.8. The lowest BCUT2D eigenvalue weighted by Gasteiger charge is -2.11. The first-order valence-electron chi connectivity index (χ1n) is 5.34. The van der Waals surface area contributed by atoms with E-state index in [1.807, 2.05) is 0 Å². The van der Waals surface area contributed by atoms with E-state index in [1.54, 1.807) is 12.1 Å². The minimum atomic E-state index is -3.36. The lowest BCUT2D eigenvalue weighted by atomic mass is 10.3. The Balaban J connectivity index is 2.75. The standard InChI is InChI=1S/C11H18N2O3S/c1-13(2)17(14,15)11-6-4-10(5-7-11)16-9-3-8-12/h4-7H,3,8-9,12H2,1-2H3. The van der Waals surface area contributed by atoms with Crippen LogP contribution >= 0.6 is 0 Å². The summed E-state index contributed by atoms with van der Waals surface area (Å²) in [6, 6.07) is 6.36. The van der Waals surface area contributed by atoms with Crippen LogP contribution in [0.15, 0.2) is 29.2 Å². The van der Waals surface area contributed by atoms with Crippen molar-refractivity contribution in [3.63, 3.8) is 0 Å². The largest absolute Gasteiger partial charge is 0.494 e. The SMILES string of the molecule is CN(C)S(=O)(=O)c1ccc(OCCCN)cc1. The van der Waals surface area contributed by atoms with Crippen molar-refractivity contribution in [3.8, 4) is 5.75 Å². The molecule has 0 aliphatic carbocycles. The Morgan fingerprint density at radius 3 is 2.29 bits per heavy atom. The molecule has 0 atom stereocenters. The average Bonchev–Trinajstić information content (AvgIpc) is 2.30. The predicted molar refractivity (Wildman–Crippen MR) is 66.5 cm³/mol. The van der Waals surface area contributed by atoms with Gasteiger partial charge in [-0.1, -0.05) is 0 Å². The molecule has 0 spiro atoms. The average molecular weight is 258 g/mol. The van der Waals surface area contributed by atoms with Gasteiger partial charge in [-0.25, -0.2) is 12.7 Å². The molecule has 0 aliphatic rings. The molecule has 2 N–H and O–H groups in total. The summed E-state index contributed by atoms with van der Waals surface area (Å²) in [7, 11) is -0.359. The van der Waals surface area contributed by atoms with Crippen LogP contribution in [0.1, 0.15) is 6.42 Å². The summed E-state index contributed by atoms with van der Waals surface area (Å²) in [6.45, 7) is 1.11. The van der Waals surface area contributed by atoms with Crippen molar-refractivity contribution in [2.75, 3.05) is 27.2 Å². The molecule has 1 rings (SSSR count). The van der Waals surface area contributed by atoms with Gasteiger partial charge in [0.05, 0.1) is 11.5 Å². The van der Waals surface area contributed by atoms with E-state index in [0.29, 0.717) is 18.9 Å². The lowest BCUT2D eigenvalue weighted by Crippen LogP contribution is -2.22. The van der Waals surface area contributed by atoms with Gasteiger partial charge < -0.3 is 10.5 Å². The Morgan fingerprint density at radius 1 is 1.24 bits per heavy atom. The van der Waals surface area contributed by atoms with Gasteiger partial charge in [0.15, 0.2) is 0 Å². The molecule has 0 unspecified atom stereocenters. The van der Waals surface area contributed by atoms with Crippen LogP contribution in [-0.2, 0) is 10.0 Å². The molecule has 6 heteroatoms. The van der Waals surface area contributed by atoms with Gasteiger partial charge in [-0.2, -0.15) is 0 Å². The molecule has 0 saturated carbocycles. The van der Waals surface area contributed by atoms with Crippen molar-refractivity contribution < 1.29 is 13.2 Å². The fourth-order valence-corrected chi connectivity index (χ4v) is 2.09. The fourth-order valence-electron chi connectivity index (χ4n) is 1.19. The van der Waals surface area contributed by atoms with E-state index >= 15 is 0 Å². The van der Waals surface area contributed by atoms with Crippen LogP contribution in [0, 0.1) is 0 Å². The van der Waals surface area contributed by atoms with Crippen molar-refractivity contribution in [2.45, 2.75) is 11.3 Å². The second-order valence-corrected chi connectivity index (χ2v) is 5.90. The van der Waals surface area contributed by atoms with Crippen LogP contribution in [-0.4, -0.2) is 40.0 Å². The summed E-state index contributed by atoms with van der Waals surface area (Å²) >= 11 is 0. The highest BCUT2D eigenvalue weighted by atomic mass is 32.2. The minimum Gasteiger partial charge on any atom is -0.494 e. The molecule has 0 bridgehead atoms. The van der Waals surface area contributed by atoms with E-state index in [0.717, 1.165) is 6.42 Å². The molecular formula is C11H18N2O3S. The van der Waals surface area contributed by atoms with Crippen LogP contribution < -0.4 is 10.5 Å². The smallest absolute Gasteiger partial charge is 0.242 e. The van der Waals surface area contributed by atoms with Gasteiger partial charge in [0, 0.05) is 14.1 Å². The van der Waals surface area contributed by atoms with E-state index in [1.165, 1.54) is 30.5 Å². The van der Waals surface area contributed by atoms with Crippen molar-refractivity contribution in [1.82, 2.24) is 4.31 Å². The molecule has 0 saturated heterocycles. The van der Waals surface area contributed by atoms with Crippen molar-refractivity contribution in [3.05, 3.63) is 24.3 Å². The van der Waals surface area contributed by atoms with Crippen molar-refractivity contribution in [2.24, 2.45) is 5.73 Å². The molecule has 1 aromatic rings. The van der Waals surface area contributed by atoms with Gasteiger partial charge in [0.2, 0.25) is 10.0 Å². The zero-order valence-corrected chi connectivity index (χ0v) is 10.9. The summed E-state index contributed by atoms with van der Waals surface area (Å²) < 4.78 is 30.1. The number of hydrogen-bond donors (Lipinski definition) is 1. The highest BCUT2D eigenvalue weighted by molar-refractivity contribution is 7.89. The first-order valence-corrected chi connectivity index (χ1v) is 6.78. The number of sulfonamides is 1. The summed E-state index contributed by atoms with van der Waals surface area (Å²) in [5.74, 6) is 0.649. The first kappa shape index (κ1) is 14.0. The number of nitrogens with zero attached hydrogens (tertiary/aromatic N) is 1. The van der Waals surface area contributed by atoms with E-state index in [9.17, 15) is 8.42 Å². The fraction of sp³-hybridized carbons (Fsp3) is 0.455. The lowest BCUT2D eigenvalue weighted by molar-refractivity contribution is 0.313. The maximum Gasteiger partial charge on any atom is 0.242 e. The molecule has 0 aliphatic heterocycles. The zero-order valence-electron chi connectivity index (χ0n) is 10.1. The third-order valence-electron chi connectivity index (χ3n) is 2.22. The van der Waals surface area contributed by atoms with Gasteiger partial charge >= 0.3 is 0 Å². The van der Waals surface area contributed by atoms with Crippen LogP contribution in [0.3, 0.4) is 0 Å². The third-order valence-corrected chi connectivity index (χ3v) is 4.05. The third kappa shape index (κ3) is 3.69. The highest BCUT2D eigenvalue weighted by Gasteiger charge is 2.16. The van der Waals surface area contributed by atoms with Gasteiger partial charge in [0.1, 0.15) is 5.75 Å². The van der Waals surface area contributed by atoms with Crippen LogP contribution in [0.25, 0.3) is 0 Å². The van der Waals surface area contributed by atoms with Gasteiger partial charge in [-0.3, -0.25) is 0 Å².